The van der Waals surface area contributed by atoms with Crippen molar-refractivity contribution in [2.75, 3.05) is 25.6 Å². The average Bonchev–Trinajstić information content (AvgIpc) is 3.58. The Morgan fingerprint density at radius 2 is 1.82 bits per heavy atom. The average molecular weight is 500 g/mol. The molecule has 2 aliphatic heterocycles. The Morgan fingerprint density at radius 3 is 2.56 bits per heavy atom. The lowest BCUT2D eigenvalue weighted by atomic mass is 10.2. The number of fused-ring (bicyclic) bond motifs is 1. The summed E-state index contributed by atoms with van der Waals surface area (Å²) in [5, 5.41) is 0.610. The summed E-state index contributed by atoms with van der Waals surface area (Å²) in [6.07, 6.45) is 3.15. The van der Waals surface area contributed by atoms with Gasteiger partial charge in [-0.1, -0.05) is 11.8 Å². The Labute approximate surface area is 202 Å². The van der Waals surface area contributed by atoms with Crippen molar-refractivity contribution in [2.24, 2.45) is 0 Å². The number of aryl methyl sites for hydroxylation is 1. The van der Waals surface area contributed by atoms with Gasteiger partial charge >= 0.3 is 0 Å². The third-order valence-electron chi connectivity index (χ3n) is 6.11. The maximum atomic E-state index is 13.0. The molecule has 4 heterocycles. The van der Waals surface area contributed by atoms with Crippen LogP contribution in [0.4, 0.5) is 0 Å². The minimum Gasteiger partial charge on any atom is -0.454 e. The van der Waals surface area contributed by atoms with E-state index in [4.69, 9.17) is 9.47 Å². The van der Waals surface area contributed by atoms with Gasteiger partial charge in [-0.2, -0.15) is 4.31 Å². The molecule has 0 atom stereocenters. The molecule has 34 heavy (non-hydrogen) atoms. The third-order valence-corrected chi connectivity index (χ3v) is 8.94. The molecule has 0 radical (unpaired) electrons. The minimum absolute atomic E-state index is 0.0133. The van der Waals surface area contributed by atoms with Crippen molar-refractivity contribution >= 4 is 27.6 Å². The molecule has 1 aromatic carbocycles. The van der Waals surface area contributed by atoms with E-state index in [1.165, 1.54) is 22.3 Å². The van der Waals surface area contributed by atoms with Gasteiger partial charge in [-0.25, -0.2) is 13.4 Å². The van der Waals surface area contributed by atoms with E-state index in [0.717, 1.165) is 29.9 Å². The van der Waals surface area contributed by atoms with Gasteiger partial charge in [0.15, 0.2) is 17.3 Å². The number of rotatable bonds is 7. The first-order chi connectivity index (χ1) is 16.3. The number of carbonyl (C=O) groups excluding carboxylic acids is 1. The van der Waals surface area contributed by atoms with Crippen LogP contribution in [0.3, 0.4) is 0 Å². The van der Waals surface area contributed by atoms with Crippen LogP contribution in [0.25, 0.3) is 5.69 Å². The topological polar surface area (TPSA) is 90.7 Å². The van der Waals surface area contributed by atoms with Crippen molar-refractivity contribution < 1.29 is 22.7 Å². The second kappa shape index (κ2) is 9.09. The first kappa shape index (κ1) is 22.9. The van der Waals surface area contributed by atoms with Gasteiger partial charge in [0.2, 0.25) is 16.8 Å². The fourth-order valence-corrected chi connectivity index (χ4v) is 6.56. The van der Waals surface area contributed by atoms with Gasteiger partial charge in [0.25, 0.3) is 0 Å². The van der Waals surface area contributed by atoms with Crippen molar-refractivity contribution in [3.05, 3.63) is 59.5 Å². The lowest BCUT2D eigenvalue weighted by Crippen LogP contribution is -2.27. The first-order valence-electron chi connectivity index (χ1n) is 11.1. The number of sulfonamides is 1. The number of ether oxygens (including phenoxy) is 2. The van der Waals surface area contributed by atoms with E-state index >= 15 is 0 Å². The Bertz CT molecular complexity index is 1340. The number of thioether (sulfide) groups is 1. The van der Waals surface area contributed by atoms with Gasteiger partial charge in [-0.05, 0) is 57.0 Å². The van der Waals surface area contributed by atoms with E-state index in [0.29, 0.717) is 35.2 Å². The van der Waals surface area contributed by atoms with Gasteiger partial charge in [-0.15, -0.1) is 0 Å². The smallest absolute Gasteiger partial charge is 0.244 e. The van der Waals surface area contributed by atoms with Crippen LogP contribution in [-0.2, 0) is 10.0 Å². The molecule has 2 aromatic heterocycles. The minimum atomic E-state index is -3.49. The highest BCUT2D eigenvalue weighted by molar-refractivity contribution is 7.99. The van der Waals surface area contributed by atoms with Crippen LogP contribution in [0.1, 0.15) is 34.6 Å². The number of nitrogens with zero attached hydrogens (tertiary/aromatic N) is 3. The maximum absolute atomic E-state index is 13.0. The van der Waals surface area contributed by atoms with E-state index in [9.17, 15) is 13.2 Å². The summed E-state index contributed by atoms with van der Waals surface area (Å²) in [6, 6.07) is 10.8. The van der Waals surface area contributed by atoms with Gasteiger partial charge < -0.3 is 14.0 Å². The lowest BCUT2D eigenvalue weighted by Gasteiger charge is -2.15. The largest absolute Gasteiger partial charge is 0.454 e. The number of ketones is 1. The molecule has 0 bridgehead atoms. The van der Waals surface area contributed by atoms with Crippen molar-refractivity contribution in [1.29, 1.82) is 0 Å². The predicted octanol–water partition coefficient (Wildman–Crippen LogP) is 3.98. The quantitative estimate of drug-likeness (QED) is 0.359. The molecule has 0 amide bonds. The van der Waals surface area contributed by atoms with E-state index < -0.39 is 10.0 Å². The molecule has 0 spiro atoms. The maximum Gasteiger partial charge on any atom is 0.244 e. The molecule has 1 fully saturated rings. The molecule has 3 aromatic rings. The van der Waals surface area contributed by atoms with Crippen LogP contribution in [-0.4, -0.2) is 53.7 Å². The number of hydrogen-bond acceptors (Lipinski definition) is 7. The highest BCUT2D eigenvalue weighted by atomic mass is 32.2. The summed E-state index contributed by atoms with van der Waals surface area (Å²) >= 11 is 1.30. The summed E-state index contributed by atoms with van der Waals surface area (Å²) in [6.45, 7) is 5.20. The fourth-order valence-electron chi connectivity index (χ4n) is 4.37. The van der Waals surface area contributed by atoms with Crippen LogP contribution in [0.2, 0.25) is 0 Å². The lowest BCUT2D eigenvalue weighted by molar-refractivity contribution is 0.102. The van der Waals surface area contributed by atoms with Crippen LogP contribution in [0.5, 0.6) is 11.5 Å². The molecule has 0 unspecified atom stereocenters. The van der Waals surface area contributed by atoms with Gasteiger partial charge in [0, 0.05) is 48.0 Å². The van der Waals surface area contributed by atoms with E-state index in [1.54, 1.807) is 12.1 Å². The number of Topliss-reactive ketones (excluding diaryl/α,β-unsaturated/α-hetero) is 1. The molecular weight excluding hydrogens is 474 g/mol. The molecule has 0 aliphatic carbocycles. The Kier molecular flexibility index (Phi) is 6.13. The summed E-state index contributed by atoms with van der Waals surface area (Å²) < 4.78 is 39.7. The van der Waals surface area contributed by atoms with Crippen molar-refractivity contribution in [3.63, 3.8) is 0 Å². The van der Waals surface area contributed by atoms with Crippen LogP contribution < -0.4 is 9.47 Å². The highest BCUT2D eigenvalue weighted by Gasteiger charge is 2.27. The van der Waals surface area contributed by atoms with Gasteiger partial charge in [0.05, 0.1) is 10.8 Å². The molecule has 8 nitrogen and oxygen atoms in total. The van der Waals surface area contributed by atoms with E-state index in [1.807, 2.05) is 42.7 Å². The summed E-state index contributed by atoms with van der Waals surface area (Å²) in [7, 11) is -3.49. The zero-order valence-corrected chi connectivity index (χ0v) is 20.6. The van der Waals surface area contributed by atoms with Crippen molar-refractivity contribution in [2.45, 2.75) is 36.6 Å². The Balaban J connectivity index is 1.28. The predicted molar refractivity (Wildman–Crippen MR) is 129 cm³/mol. The normalized spacial score (nSPS) is 15.7. The summed E-state index contributed by atoms with van der Waals surface area (Å²) in [4.78, 5) is 17.5. The van der Waals surface area contributed by atoms with Crippen molar-refractivity contribution in [3.8, 4) is 17.2 Å². The zero-order valence-electron chi connectivity index (χ0n) is 19.0. The van der Waals surface area contributed by atoms with Gasteiger partial charge in [0.1, 0.15) is 4.90 Å². The molecular formula is C24H25N3O5S2. The Hall–Kier alpha value is -2.82. The van der Waals surface area contributed by atoms with Crippen molar-refractivity contribution in [1.82, 2.24) is 13.9 Å². The standard InChI is InChI=1S/C24H25N3O5S2/c1-16-11-20(17(2)27(16)18-5-7-22-23(12-18)32-15-31-22)21(28)14-33-24-8-6-19(13-25-24)34(29,30)26-9-3-4-10-26/h5-8,11-13H,3-4,9-10,14-15H2,1-2H3. The summed E-state index contributed by atoms with van der Waals surface area (Å²) in [5.41, 5.74) is 3.35. The number of hydrogen-bond donors (Lipinski definition) is 0. The van der Waals surface area contributed by atoms with Crippen LogP contribution in [0, 0.1) is 13.8 Å². The molecule has 1 saturated heterocycles. The molecule has 0 saturated carbocycles. The number of pyridine rings is 1. The highest BCUT2D eigenvalue weighted by Crippen LogP contribution is 2.35. The van der Waals surface area contributed by atoms with Gasteiger partial charge in [-0.3, -0.25) is 4.79 Å². The number of benzene rings is 1. The summed E-state index contributed by atoms with van der Waals surface area (Å²) in [5.74, 6) is 1.59. The third kappa shape index (κ3) is 4.21. The number of aromatic nitrogens is 2. The second-order valence-corrected chi connectivity index (χ2v) is 11.2. The first-order valence-corrected chi connectivity index (χ1v) is 13.5. The zero-order chi connectivity index (χ0) is 23.9. The SMILES string of the molecule is Cc1cc(C(=O)CSc2ccc(S(=O)(=O)N3CCCC3)cn2)c(C)n1-c1ccc2c(c1)OCO2. The Morgan fingerprint density at radius 1 is 1.06 bits per heavy atom. The van der Waals surface area contributed by atoms with Crippen LogP contribution in [0.15, 0.2) is 52.5 Å². The molecule has 0 N–H and O–H groups in total. The van der Waals surface area contributed by atoms with Crippen LogP contribution >= 0.6 is 11.8 Å². The number of carbonyl (C=O) groups is 1. The molecule has 2 aliphatic rings. The van der Waals surface area contributed by atoms with E-state index in [-0.39, 0.29) is 23.2 Å². The fraction of sp³-hybridized carbons (Fsp3) is 0.333. The molecule has 5 rings (SSSR count). The molecule has 178 valence electrons. The second-order valence-electron chi connectivity index (χ2n) is 8.31. The monoisotopic (exact) mass is 499 g/mol. The van der Waals surface area contributed by atoms with E-state index in [2.05, 4.69) is 4.98 Å². The molecule has 10 heteroatoms.